The molecule has 2 N–H and O–H groups in total. The first-order chi connectivity index (χ1) is 10.4. The van der Waals surface area contributed by atoms with Crippen LogP contribution in [0.15, 0.2) is 18.2 Å². The summed E-state index contributed by atoms with van der Waals surface area (Å²) in [6.07, 6.45) is 1.61. The van der Waals surface area contributed by atoms with E-state index in [4.69, 9.17) is 4.74 Å². The Bertz CT molecular complexity index is 531. The zero-order valence-corrected chi connectivity index (χ0v) is 13.3. The zero-order chi connectivity index (χ0) is 16.2. The van der Waals surface area contributed by atoms with E-state index in [1.165, 1.54) is 0 Å². The van der Waals surface area contributed by atoms with Gasteiger partial charge < -0.3 is 19.8 Å². The molecule has 0 spiro atoms. The third kappa shape index (κ3) is 3.99. The lowest BCUT2D eigenvalue weighted by Gasteiger charge is -2.24. The maximum absolute atomic E-state index is 12.3. The summed E-state index contributed by atoms with van der Waals surface area (Å²) in [5.74, 6) is 0.651. The van der Waals surface area contributed by atoms with Gasteiger partial charge in [0.25, 0.3) is 5.91 Å². The van der Waals surface area contributed by atoms with Gasteiger partial charge >= 0.3 is 0 Å². The van der Waals surface area contributed by atoms with Crippen LogP contribution in [0.2, 0.25) is 0 Å². The van der Waals surface area contributed by atoms with E-state index in [-0.39, 0.29) is 19.1 Å². The maximum atomic E-state index is 12.3. The van der Waals surface area contributed by atoms with E-state index < -0.39 is 5.60 Å². The predicted molar refractivity (Wildman–Crippen MR) is 83.9 cm³/mol. The Hall–Kier alpha value is -1.59. The number of nitrogens with zero attached hydrogens (tertiary/aromatic N) is 1. The Morgan fingerprint density at radius 2 is 2.09 bits per heavy atom. The molecule has 1 atom stereocenters. The fourth-order valence-electron chi connectivity index (χ4n) is 2.70. The molecule has 2 rings (SSSR count). The number of hydrogen-bond donors (Lipinski definition) is 2. The van der Waals surface area contributed by atoms with Crippen LogP contribution in [0.25, 0.3) is 0 Å². The number of ether oxygens (including phenoxy) is 1. The molecular formula is C17H25NO4. The smallest absolute Gasteiger partial charge is 0.260 e. The lowest BCUT2D eigenvalue weighted by atomic mass is 9.96. The number of aliphatic hydroxyl groups excluding tert-OH is 1. The molecule has 1 aromatic carbocycles. The Morgan fingerprint density at radius 3 is 2.82 bits per heavy atom. The normalized spacial score (nSPS) is 22.3. The van der Waals surface area contributed by atoms with Gasteiger partial charge in [-0.3, -0.25) is 4.79 Å². The van der Waals surface area contributed by atoms with Crippen molar-refractivity contribution in [1.29, 1.82) is 0 Å². The second-order valence-corrected chi connectivity index (χ2v) is 6.10. The largest absolute Gasteiger partial charge is 0.483 e. The van der Waals surface area contributed by atoms with Crippen molar-refractivity contribution >= 4 is 5.91 Å². The molecule has 1 fully saturated rings. The minimum absolute atomic E-state index is 0.00183. The topological polar surface area (TPSA) is 70.0 Å². The van der Waals surface area contributed by atoms with Crippen molar-refractivity contribution in [3.05, 3.63) is 29.3 Å². The van der Waals surface area contributed by atoms with Crippen LogP contribution in [0.5, 0.6) is 5.75 Å². The SMILES string of the molecule is Cc1cccc(OCC(=O)N2CCCC(O)(CO)CC2)c1C. The predicted octanol–water partition coefficient (Wildman–Crippen LogP) is 1.42. The third-order valence-corrected chi connectivity index (χ3v) is 4.47. The van der Waals surface area contributed by atoms with Crippen molar-refractivity contribution in [2.24, 2.45) is 0 Å². The average Bonchev–Trinajstić information content (AvgIpc) is 2.71. The van der Waals surface area contributed by atoms with E-state index in [1.807, 2.05) is 32.0 Å². The van der Waals surface area contributed by atoms with Crippen molar-refractivity contribution < 1.29 is 19.7 Å². The molecule has 1 unspecified atom stereocenters. The first kappa shape index (κ1) is 16.8. The second-order valence-electron chi connectivity index (χ2n) is 6.10. The van der Waals surface area contributed by atoms with Crippen LogP contribution in [-0.4, -0.2) is 52.9 Å². The second kappa shape index (κ2) is 7.11. The Balaban J connectivity index is 1.91. The molecule has 1 heterocycles. The molecule has 0 radical (unpaired) electrons. The molecule has 0 bridgehead atoms. The van der Waals surface area contributed by atoms with Gasteiger partial charge in [0.2, 0.25) is 0 Å². The summed E-state index contributed by atoms with van der Waals surface area (Å²) in [6.45, 7) is 4.77. The maximum Gasteiger partial charge on any atom is 0.260 e. The van der Waals surface area contributed by atoms with Crippen LogP contribution in [0.4, 0.5) is 0 Å². The summed E-state index contributed by atoms with van der Waals surface area (Å²) in [4.78, 5) is 14.0. The number of carbonyl (C=O) groups excluding carboxylic acids is 1. The van der Waals surface area contributed by atoms with Crippen molar-refractivity contribution in [2.45, 2.75) is 38.7 Å². The van der Waals surface area contributed by atoms with E-state index in [0.29, 0.717) is 32.4 Å². The summed E-state index contributed by atoms with van der Waals surface area (Å²) >= 11 is 0. The van der Waals surface area contributed by atoms with Crippen LogP contribution in [0.1, 0.15) is 30.4 Å². The highest BCUT2D eigenvalue weighted by atomic mass is 16.5. The van der Waals surface area contributed by atoms with Gasteiger partial charge in [0.05, 0.1) is 12.2 Å². The number of amides is 1. The highest BCUT2D eigenvalue weighted by Gasteiger charge is 2.30. The third-order valence-electron chi connectivity index (χ3n) is 4.47. The van der Waals surface area contributed by atoms with Gasteiger partial charge in [-0.1, -0.05) is 12.1 Å². The number of aryl methyl sites for hydroxylation is 1. The average molecular weight is 307 g/mol. The number of aliphatic hydroxyl groups is 2. The standard InChI is InChI=1S/C17H25NO4/c1-13-5-3-6-15(14(13)2)22-11-16(20)18-9-4-7-17(21,12-19)8-10-18/h3,5-6,19,21H,4,7-12H2,1-2H3. The number of benzene rings is 1. The first-order valence-corrected chi connectivity index (χ1v) is 7.75. The summed E-state index contributed by atoms with van der Waals surface area (Å²) in [5, 5.41) is 19.3. The molecule has 0 aliphatic carbocycles. The van der Waals surface area contributed by atoms with E-state index in [2.05, 4.69) is 0 Å². The highest BCUT2D eigenvalue weighted by Crippen LogP contribution is 2.23. The minimum Gasteiger partial charge on any atom is -0.483 e. The van der Waals surface area contributed by atoms with Gasteiger partial charge in [0.15, 0.2) is 6.61 Å². The van der Waals surface area contributed by atoms with Crippen LogP contribution < -0.4 is 4.74 Å². The van der Waals surface area contributed by atoms with Gasteiger partial charge in [-0.05, 0) is 50.3 Å². The van der Waals surface area contributed by atoms with E-state index in [1.54, 1.807) is 4.90 Å². The van der Waals surface area contributed by atoms with Crippen LogP contribution in [0, 0.1) is 13.8 Å². The number of rotatable bonds is 4. The van der Waals surface area contributed by atoms with Crippen molar-refractivity contribution in [3.63, 3.8) is 0 Å². The molecule has 1 saturated heterocycles. The monoisotopic (exact) mass is 307 g/mol. The van der Waals surface area contributed by atoms with Gasteiger partial charge in [-0.15, -0.1) is 0 Å². The van der Waals surface area contributed by atoms with Gasteiger partial charge in [-0.2, -0.15) is 0 Å². The Labute approximate surface area is 131 Å². The van der Waals surface area contributed by atoms with Crippen LogP contribution in [-0.2, 0) is 4.79 Å². The summed E-state index contributed by atoms with van der Waals surface area (Å²) in [7, 11) is 0. The zero-order valence-electron chi connectivity index (χ0n) is 13.3. The minimum atomic E-state index is -1.05. The van der Waals surface area contributed by atoms with E-state index >= 15 is 0 Å². The summed E-state index contributed by atoms with van der Waals surface area (Å²) in [5.41, 5.74) is 1.12. The molecule has 0 saturated carbocycles. The number of carbonyl (C=O) groups is 1. The lowest BCUT2D eigenvalue weighted by molar-refractivity contribution is -0.133. The Kier molecular flexibility index (Phi) is 5.42. The molecule has 1 aliphatic heterocycles. The van der Waals surface area contributed by atoms with Crippen LogP contribution >= 0.6 is 0 Å². The van der Waals surface area contributed by atoms with Gasteiger partial charge in [0, 0.05) is 13.1 Å². The number of hydrogen-bond acceptors (Lipinski definition) is 4. The summed E-state index contributed by atoms with van der Waals surface area (Å²) < 4.78 is 5.65. The van der Waals surface area contributed by atoms with Gasteiger partial charge in [-0.25, -0.2) is 0 Å². The summed E-state index contributed by atoms with van der Waals surface area (Å²) in [6, 6.07) is 5.78. The lowest BCUT2D eigenvalue weighted by Crippen LogP contribution is -2.38. The van der Waals surface area contributed by atoms with E-state index in [0.717, 1.165) is 16.9 Å². The fourth-order valence-corrected chi connectivity index (χ4v) is 2.70. The van der Waals surface area contributed by atoms with Crippen molar-refractivity contribution in [3.8, 4) is 5.75 Å². The molecule has 1 aliphatic rings. The van der Waals surface area contributed by atoms with Gasteiger partial charge in [0.1, 0.15) is 5.75 Å². The quantitative estimate of drug-likeness (QED) is 0.882. The van der Waals surface area contributed by atoms with Crippen molar-refractivity contribution in [2.75, 3.05) is 26.3 Å². The molecule has 5 heteroatoms. The molecular weight excluding hydrogens is 282 g/mol. The van der Waals surface area contributed by atoms with Crippen molar-refractivity contribution in [1.82, 2.24) is 4.90 Å². The molecule has 1 amide bonds. The molecule has 122 valence electrons. The number of likely N-dealkylation sites (tertiary alicyclic amines) is 1. The fraction of sp³-hybridized carbons (Fsp3) is 0.588. The molecule has 1 aromatic rings. The van der Waals surface area contributed by atoms with Crippen LogP contribution in [0.3, 0.4) is 0 Å². The molecule has 22 heavy (non-hydrogen) atoms. The Morgan fingerprint density at radius 1 is 1.32 bits per heavy atom. The first-order valence-electron chi connectivity index (χ1n) is 7.75. The highest BCUT2D eigenvalue weighted by molar-refractivity contribution is 5.77. The molecule has 5 nitrogen and oxygen atoms in total. The molecule has 0 aromatic heterocycles. The van der Waals surface area contributed by atoms with E-state index in [9.17, 15) is 15.0 Å².